The number of hydrogen-bond acceptors (Lipinski definition) is 4. The van der Waals surface area contributed by atoms with Crippen molar-refractivity contribution >= 4 is 11.6 Å². The summed E-state index contributed by atoms with van der Waals surface area (Å²) in [6.07, 6.45) is 2.13. The first kappa shape index (κ1) is 19.8. The van der Waals surface area contributed by atoms with E-state index in [9.17, 15) is 9.18 Å². The summed E-state index contributed by atoms with van der Waals surface area (Å²) in [6.45, 7) is 1.18. The highest BCUT2D eigenvalue weighted by atomic mass is 19.1. The molecule has 0 N–H and O–H groups in total. The van der Waals surface area contributed by atoms with Crippen molar-refractivity contribution in [3.05, 3.63) is 59.9 Å². The van der Waals surface area contributed by atoms with Gasteiger partial charge < -0.3 is 9.64 Å². The Morgan fingerprint density at radius 2 is 2.04 bits per heavy atom. The second-order valence-corrected chi connectivity index (χ2v) is 6.81. The Labute approximate surface area is 164 Å². The molecule has 6 heteroatoms. The zero-order valence-corrected chi connectivity index (χ0v) is 16.0. The number of carbonyl (C=O) groups excluding carboxylic acids is 1. The van der Waals surface area contributed by atoms with Crippen LogP contribution in [0.5, 0.6) is 5.75 Å². The number of halogens is 1. The van der Waals surface area contributed by atoms with Crippen LogP contribution in [-0.4, -0.2) is 37.6 Å². The van der Waals surface area contributed by atoms with E-state index in [0.717, 1.165) is 30.7 Å². The van der Waals surface area contributed by atoms with E-state index in [4.69, 9.17) is 10.00 Å². The molecular weight excluding hydrogens is 357 g/mol. The molecule has 1 heterocycles. The molecule has 1 aliphatic rings. The van der Waals surface area contributed by atoms with Crippen molar-refractivity contribution in [1.29, 1.82) is 5.26 Å². The molecule has 1 saturated heterocycles. The number of nitriles is 1. The fourth-order valence-corrected chi connectivity index (χ4v) is 3.69. The Morgan fingerprint density at radius 3 is 2.71 bits per heavy atom. The minimum Gasteiger partial charge on any atom is -0.497 e. The molecule has 1 atom stereocenters. The van der Waals surface area contributed by atoms with Crippen molar-refractivity contribution < 1.29 is 13.9 Å². The zero-order chi connectivity index (χ0) is 19.9. The highest BCUT2D eigenvalue weighted by Gasteiger charge is 2.30. The van der Waals surface area contributed by atoms with Crippen LogP contribution in [0.1, 0.15) is 30.9 Å². The van der Waals surface area contributed by atoms with Crippen LogP contribution in [0.4, 0.5) is 10.1 Å². The quantitative estimate of drug-likeness (QED) is 0.729. The molecule has 1 aliphatic heterocycles. The fourth-order valence-electron chi connectivity index (χ4n) is 3.69. The Morgan fingerprint density at radius 1 is 1.29 bits per heavy atom. The number of para-hydroxylation sites is 1. The van der Waals surface area contributed by atoms with Gasteiger partial charge in [-0.15, -0.1) is 0 Å². The minimum atomic E-state index is -0.457. The minimum absolute atomic E-state index is 0.147. The maximum absolute atomic E-state index is 14.3. The van der Waals surface area contributed by atoms with Crippen LogP contribution in [0, 0.1) is 17.1 Å². The van der Waals surface area contributed by atoms with E-state index >= 15 is 0 Å². The molecule has 3 rings (SSSR count). The number of likely N-dealkylation sites (tertiary alicyclic amines) is 1. The Bertz CT molecular complexity index is 848. The van der Waals surface area contributed by atoms with Gasteiger partial charge in [-0.25, -0.2) is 4.39 Å². The molecule has 5 nitrogen and oxygen atoms in total. The van der Waals surface area contributed by atoms with Crippen molar-refractivity contribution in [3.8, 4) is 11.8 Å². The summed E-state index contributed by atoms with van der Waals surface area (Å²) in [5.74, 6) is 0.147. The van der Waals surface area contributed by atoms with Gasteiger partial charge in [-0.3, -0.25) is 9.69 Å². The van der Waals surface area contributed by atoms with Crippen molar-refractivity contribution in [2.24, 2.45) is 0 Å². The number of rotatable bonds is 7. The fraction of sp³-hybridized carbons (Fsp3) is 0.364. The van der Waals surface area contributed by atoms with Gasteiger partial charge >= 0.3 is 0 Å². The summed E-state index contributed by atoms with van der Waals surface area (Å²) in [5, 5.41) is 8.93. The molecule has 146 valence electrons. The van der Waals surface area contributed by atoms with Crippen LogP contribution in [0.2, 0.25) is 0 Å². The normalized spacial score (nSPS) is 16.5. The third kappa shape index (κ3) is 4.49. The second kappa shape index (κ2) is 9.34. The number of ether oxygens (including phenoxy) is 1. The molecule has 1 fully saturated rings. The predicted octanol–water partition coefficient (Wildman–Crippen LogP) is 3.92. The SMILES string of the molecule is COc1ccc([C@@H]2CCCN2CC(=O)N(CCC#N)c2ccccc2F)cc1. The molecule has 2 aromatic rings. The van der Waals surface area contributed by atoms with Crippen molar-refractivity contribution in [2.45, 2.75) is 25.3 Å². The summed E-state index contributed by atoms with van der Waals surface area (Å²) in [4.78, 5) is 16.5. The monoisotopic (exact) mass is 381 g/mol. The van der Waals surface area contributed by atoms with Gasteiger partial charge in [0, 0.05) is 12.6 Å². The van der Waals surface area contributed by atoms with Gasteiger partial charge in [0.2, 0.25) is 5.91 Å². The molecule has 0 aliphatic carbocycles. The Balaban J connectivity index is 1.76. The summed E-state index contributed by atoms with van der Waals surface area (Å²) >= 11 is 0. The van der Waals surface area contributed by atoms with E-state index in [0.29, 0.717) is 0 Å². The van der Waals surface area contributed by atoms with Gasteiger partial charge in [0.25, 0.3) is 0 Å². The zero-order valence-electron chi connectivity index (χ0n) is 16.0. The lowest BCUT2D eigenvalue weighted by molar-refractivity contribution is -0.120. The topological polar surface area (TPSA) is 56.6 Å². The molecule has 0 aromatic heterocycles. The first-order chi connectivity index (χ1) is 13.6. The number of nitrogens with zero attached hydrogens (tertiary/aromatic N) is 3. The first-order valence-corrected chi connectivity index (χ1v) is 9.44. The molecule has 0 saturated carbocycles. The average molecular weight is 381 g/mol. The van der Waals surface area contributed by atoms with E-state index in [1.165, 1.54) is 11.0 Å². The molecule has 1 amide bonds. The molecule has 0 spiro atoms. The molecule has 28 heavy (non-hydrogen) atoms. The van der Waals surface area contributed by atoms with E-state index < -0.39 is 5.82 Å². The van der Waals surface area contributed by atoms with Gasteiger partial charge in [0.05, 0.1) is 31.8 Å². The average Bonchev–Trinajstić information content (AvgIpc) is 3.17. The molecule has 2 aromatic carbocycles. The van der Waals surface area contributed by atoms with Crippen molar-refractivity contribution in [1.82, 2.24) is 4.90 Å². The number of benzene rings is 2. The highest BCUT2D eigenvalue weighted by molar-refractivity contribution is 5.95. The number of hydrogen-bond donors (Lipinski definition) is 0. The summed E-state index contributed by atoms with van der Waals surface area (Å²) in [6, 6.07) is 16.3. The lowest BCUT2D eigenvalue weighted by Crippen LogP contribution is -2.41. The predicted molar refractivity (Wildman–Crippen MR) is 106 cm³/mol. The molecule has 0 bridgehead atoms. The molecular formula is C22H24FN3O2. The van der Waals surface area contributed by atoms with Crippen LogP contribution in [0.3, 0.4) is 0 Å². The van der Waals surface area contributed by atoms with Crippen LogP contribution in [0.15, 0.2) is 48.5 Å². The largest absolute Gasteiger partial charge is 0.497 e. The third-order valence-corrected chi connectivity index (χ3v) is 5.09. The third-order valence-electron chi connectivity index (χ3n) is 5.09. The van der Waals surface area contributed by atoms with Gasteiger partial charge in [0.1, 0.15) is 11.6 Å². The maximum Gasteiger partial charge on any atom is 0.241 e. The van der Waals surface area contributed by atoms with Gasteiger partial charge in [-0.05, 0) is 49.2 Å². The lowest BCUT2D eigenvalue weighted by atomic mass is 10.0. The standard InChI is InChI=1S/C22H24FN3O2/c1-28-18-11-9-17(10-12-18)20-8-4-14-25(20)16-22(27)26(15-5-13-24)21-7-3-2-6-19(21)23/h2-3,6-7,9-12,20H,4-5,8,14-16H2,1H3/t20-/m0/s1. The molecule has 0 unspecified atom stereocenters. The number of carbonyl (C=O) groups is 1. The summed E-state index contributed by atoms with van der Waals surface area (Å²) < 4.78 is 19.5. The second-order valence-electron chi connectivity index (χ2n) is 6.81. The van der Waals surface area contributed by atoms with Crippen LogP contribution in [-0.2, 0) is 4.79 Å². The van der Waals surface area contributed by atoms with E-state index in [-0.39, 0.29) is 37.1 Å². The molecule has 0 radical (unpaired) electrons. The van der Waals surface area contributed by atoms with Gasteiger partial charge in [-0.2, -0.15) is 5.26 Å². The number of anilines is 1. The number of methoxy groups -OCH3 is 1. The van der Waals surface area contributed by atoms with Crippen LogP contribution in [0.25, 0.3) is 0 Å². The lowest BCUT2D eigenvalue weighted by Gasteiger charge is -2.28. The van der Waals surface area contributed by atoms with E-state index in [1.807, 2.05) is 30.3 Å². The summed E-state index contributed by atoms with van der Waals surface area (Å²) in [5.41, 5.74) is 1.36. The van der Waals surface area contributed by atoms with Gasteiger partial charge in [-0.1, -0.05) is 24.3 Å². The Hall–Kier alpha value is -2.91. The first-order valence-electron chi connectivity index (χ1n) is 9.44. The van der Waals surface area contributed by atoms with E-state index in [2.05, 4.69) is 4.90 Å². The van der Waals surface area contributed by atoms with Crippen LogP contribution < -0.4 is 9.64 Å². The van der Waals surface area contributed by atoms with Crippen molar-refractivity contribution in [3.63, 3.8) is 0 Å². The highest BCUT2D eigenvalue weighted by Crippen LogP contribution is 2.33. The van der Waals surface area contributed by atoms with Crippen LogP contribution >= 0.6 is 0 Å². The Kier molecular flexibility index (Phi) is 6.62. The number of amides is 1. The van der Waals surface area contributed by atoms with Crippen molar-refractivity contribution in [2.75, 3.05) is 31.6 Å². The van der Waals surface area contributed by atoms with Gasteiger partial charge in [0.15, 0.2) is 0 Å². The maximum atomic E-state index is 14.3. The van der Waals surface area contributed by atoms with E-state index in [1.54, 1.807) is 25.3 Å². The summed E-state index contributed by atoms with van der Waals surface area (Å²) in [7, 11) is 1.63. The smallest absolute Gasteiger partial charge is 0.241 e.